The first kappa shape index (κ1) is 15.4. The molecule has 6 nitrogen and oxygen atoms in total. The van der Waals surface area contributed by atoms with Crippen LogP contribution < -0.4 is 0 Å². The van der Waals surface area contributed by atoms with Gasteiger partial charge in [0.2, 0.25) is 10.0 Å². The van der Waals surface area contributed by atoms with Crippen molar-refractivity contribution in [2.24, 2.45) is 0 Å². The lowest BCUT2D eigenvalue weighted by Gasteiger charge is -2.16. The summed E-state index contributed by atoms with van der Waals surface area (Å²) in [4.78, 5) is -0.952. The average Bonchev–Trinajstić information content (AvgIpc) is 2.75. The highest BCUT2D eigenvalue weighted by Crippen LogP contribution is 2.25. The summed E-state index contributed by atoms with van der Waals surface area (Å²) in [6, 6.07) is 2.64. The van der Waals surface area contributed by atoms with Crippen LogP contribution in [0.4, 0.5) is 4.39 Å². The molecule has 2 rings (SSSR count). The van der Waals surface area contributed by atoms with Crippen molar-refractivity contribution in [1.82, 2.24) is 4.31 Å². The smallest absolute Gasteiger partial charge is 0.246 e. The molecule has 1 saturated heterocycles. The van der Waals surface area contributed by atoms with Crippen LogP contribution in [0.1, 0.15) is 6.42 Å². The van der Waals surface area contributed by atoms with Crippen molar-refractivity contribution < 1.29 is 26.3 Å². The van der Waals surface area contributed by atoms with E-state index in [-0.39, 0.29) is 24.4 Å². The van der Waals surface area contributed by atoms with Crippen molar-refractivity contribution in [3.63, 3.8) is 0 Å². The minimum atomic E-state index is -4.15. The summed E-state index contributed by atoms with van der Waals surface area (Å²) >= 11 is 0. The van der Waals surface area contributed by atoms with Crippen LogP contribution in [0.3, 0.4) is 0 Å². The minimum absolute atomic E-state index is 0.0754. The van der Waals surface area contributed by atoms with E-state index in [9.17, 15) is 26.3 Å². The van der Waals surface area contributed by atoms with Gasteiger partial charge in [-0.25, -0.2) is 21.2 Å². The third-order valence-corrected chi connectivity index (χ3v) is 6.07. The quantitative estimate of drug-likeness (QED) is 0.790. The lowest BCUT2D eigenvalue weighted by atomic mass is 10.3. The summed E-state index contributed by atoms with van der Waals surface area (Å²) in [6.45, 7) is -0.0447. The number of hydrogen-bond acceptors (Lipinski definition) is 5. The van der Waals surface area contributed by atoms with Gasteiger partial charge in [0.1, 0.15) is 10.7 Å². The molecule has 0 aromatic heterocycles. The number of β-amino-alcohol motifs (C(OH)–C–C–N with tert-alkyl or cyclic N) is 1. The normalized spacial score (nSPS) is 21.2. The van der Waals surface area contributed by atoms with Crippen LogP contribution in [0.5, 0.6) is 0 Å². The number of sulfonamides is 1. The molecule has 1 N–H and O–H groups in total. The molecule has 0 saturated carbocycles. The van der Waals surface area contributed by atoms with E-state index in [4.69, 9.17) is 0 Å². The molecule has 1 aromatic carbocycles. The number of benzene rings is 1. The second-order valence-electron chi connectivity index (χ2n) is 4.67. The Morgan fingerprint density at radius 2 is 1.95 bits per heavy atom. The van der Waals surface area contributed by atoms with Crippen LogP contribution in [-0.4, -0.2) is 51.7 Å². The number of sulfone groups is 1. The first-order valence-electron chi connectivity index (χ1n) is 5.80. The van der Waals surface area contributed by atoms with E-state index in [0.29, 0.717) is 0 Å². The largest absolute Gasteiger partial charge is 0.392 e. The molecule has 1 heterocycles. The fourth-order valence-electron chi connectivity index (χ4n) is 1.98. The van der Waals surface area contributed by atoms with Crippen molar-refractivity contribution >= 4 is 19.9 Å². The van der Waals surface area contributed by atoms with Crippen molar-refractivity contribution in [3.8, 4) is 0 Å². The monoisotopic (exact) mass is 323 g/mol. The molecule has 1 fully saturated rings. The van der Waals surface area contributed by atoms with Gasteiger partial charge in [0, 0.05) is 19.3 Å². The summed E-state index contributed by atoms with van der Waals surface area (Å²) in [6.07, 6.45) is 0.397. The zero-order valence-corrected chi connectivity index (χ0v) is 12.3. The topological polar surface area (TPSA) is 91.8 Å². The summed E-state index contributed by atoms with van der Waals surface area (Å²) in [5.41, 5.74) is 0. The third kappa shape index (κ3) is 2.85. The highest BCUT2D eigenvalue weighted by molar-refractivity contribution is 7.91. The average molecular weight is 323 g/mol. The van der Waals surface area contributed by atoms with Crippen LogP contribution >= 0.6 is 0 Å². The molecule has 0 aliphatic carbocycles. The Labute approximate surface area is 116 Å². The molecule has 0 bridgehead atoms. The zero-order valence-electron chi connectivity index (χ0n) is 10.7. The highest BCUT2D eigenvalue weighted by Gasteiger charge is 2.34. The molecule has 1 aliphatic rings. The highest BCUT2D eigenvalue weighted by atomic mass is 32.2. The molecule has 112 valence electrons. The number of aliphatic hydroxyl groups is 1. The maximum atomic E-state index is 13.7. The van der Waals surface area contributed by atoms with E-state index < -0.39 is 36.7 Å². The summed E-state index contributed by atoms with van der Waals surface area (Å²) in [7, 11) is -7.79. The summed E-state index contributed by atoms with van der Waals surface area (Å²) in [5.74, 6) is -1.02. The molecular formula is C11H14FNO5S2. The van der Waals surface area contributed by atoms with Crippen LogP contribution in [0.15, 0.2) is 28.0 Å². The number of hydrogen-bond donors (Lipinski definition) is 1. The molecular weight excluding hydrogens is 309 g/mol. The fourth-order valence-corrected chi connectivity index (χ4v) is 4.28. The van der Waals surface area contributed by atoms with E-state index in [2.05, 4.69) is 0 Å². The second-order valence-corrected chi connectivity index (χ2v) is 8.59. The maximum absolute atomic E-state index is 13.7. The Morgan fingerprint density at radius 1 is 1.30 bits per heavy atom. The lowest BCUT2D eigenvalue weighted by molar-refractivity contribution is 0.189. The second kappa shape index (κ2) is 5.06. The number of nitrogens with zero attached hydrogens (tertiary/aromatic N) is 1. The van der Waals surface area contributed by atoms with Gasteiger partial charge in [-0.15, -0.1) is 0 Å². The predicted octanol–water partition coefficient (Wildman–Crippen LogP) is -0.0155. The molecule has 0 radical (unpaired) electrons. The first-order valence-corrected chi connectivity index (χ1v) is 9.13. The van der Waals surface area contributed by atoms with Gasteiger partial charge in [-0.05, 0) is 24.6 Å². The zero-order chi connectivity index (χ0) is 15.1. The van der Waals surface area contributed by atoms with Crippen molar-refractivity contribution in [3.05, 3.63) is 24.0 Å². The minimum Gasteiger partial charge on any atom is -0.392 e. The Bertz CT molecular complexity index is 729. The molecule has 1 aromatic rings. The van der Waals surface area contributed by atoms with Crippen LogP contribution in [0.2, 0.25) is 0 Å². The number of rotatable bonds is 3. The Hall–Kier alpha value is -1.03. The van der Waals surface area contributed by atoms with E-state index >= 15 is 0 Å². The lowest BCUT2D eigenvalue weighted by Crippen LogP contribution is -2.30. The van der Waals surface area contributed by atoms with E-state index in [0.717, 1.165) is 28.8 Å². The molecule has 20 heavy (non-hydrogen) atoms. The van der Waals surface area contributed by atoms with E-state index in [1.807, 2.05) is 0 Å². The molecule has 1 atom stereocenters. The fraction of sp³-hybridized carbons (Fsp3) is 0.455. The van der Waals surface area contributed by atoms with Gasteiger partial charge in [0.15, 0.2) is 9.84 Å². The third-order valence-electron chi connectivity index (χ3n) is 3.07. The Morgan fingerprint density at radius 3 is 2.45 bits per heavy atom. The van der Waals surface area contributed by atoms with Gasteiger partial charge in [-0.2, -0.15) is 4.31 Å². The first-order chi connectivity index (χ1) is 9.12. The van der Waals surface area contributed by atoms with Gasteiger partial charge in [-0.1, -0.05) is 0 Å². The van der Waals surface area contributed by atoms with Crippen molar-refractivity contribution in [2.45, 2.75) is 22.3 Å². The molecule has 0 spiro atoms. The molecule has 0 amide bonds. The van der Waals surface area contributed by atoms with Crippen LogP contribution in [0, 0.1) is 5.82 Å². The van der Waals surface area contributed by atoms with Crippen molar-refractivity contribution in [2.75, 3.05) is 19.3 Å². The maximum Gasteiger partial charge on any atom is 0.246 e. The summed E-state index contributed by atoms with van der Waals surface area (Å²) in [5, 5.41) is 9.37. The van der Waals surface area contributed by atoms with Gasteiger partial charge in [0.25, 0.3) is 0 Å². The Balaban J connectivity index is 2.52. The van der Waals surface area contributed by atoms with Crippen molar-refractivity contribution in [1.29, 1.82) is 0 Å². The van der Waals surface area contributed by atoms with Gasteiger partial charge in [0.05, 0.1) is 11.0 Å². The number of halogens is 1. The van der Waals surface area contributed by atoms with Crippen LogP contribution in [0.25, 0.3) is 0 Å². The standard InChI is InChI=1S/C11H14FNO5S2/c1-19(15,16)9-2-3-10(12)11(6-9)20(17,18)13-5-4-8(14)7-13/h2-3,6,8,14H,4-5,7H2,1H3. The molecule has 1 aliphatic heterocycles. The molecule has 9 heteroatoms. The predicted molar refractivity (Wildman–Crippen MR) is 68.9 cm³/mol. The van der Waals surface area contributed by atoms with Gasteiger partial charge >= 0.3 is 0 Å². The van der Waals surface area contributed by atoms with Crippen LogP contribution in [-0.2, 0) is 19.9 Å². The van der Waals surface area contributed by atoms with Gasteiger partial charge < -0.3 is 5.11 Å². The van der Waals surface area contributed by atoms with Gasteiger partial charge in [-0.3, -0.25) is 0 Å². The number of aliphatic hydroxyl groups excluding tert-OH is 1. The summed E-state index contributed by atoms with van der Waals surface area (Å²) < 4.78 is 62.1. The SMILES string of the molecule is CS(=O)(=O)c1ccc(F)c(S(=O)(=O)N2CCC(O)C2)c1. The molecule has 1 unspecified atom stereocenters. The van der Waals surface area contributed by atoms with E-state index in [1.54, 1.807) is 0 Å². The van der Waals surface area contributed by atoms with E-state index in [1.165, 1.54) is 0 Å². The Kier molecular flexibility index (Phi) is 3.89.